The van der Waals surface area contributed by atoms with E-state index in [0.717, 1.165) is 30.9 Å². The number of hydrogen-bond acceptors (Lipinski definition) is 3. The molecule has 1 N–H and O–H groups in total. The van der Waals surface area contributed by atoms with Crippen molar-refractivity contribution in [2.24, 2.45) is 0 Å². The van der Waals surface area contributed by atoms with Crippen LogP contribution in [-0.2, 0) is 4.79 Å². The summed E-state index contributed by atoms with van der Waals surface area (Å²) >= 11 is 0. The first kappa shape index (κ1) is 11.9. The molecule has 0 radical (unpaired) electrons. The van der Waals surface area contributed by atoms with Crippen molar-refractivity contribution >= 4 is 11.7 Å². The summed E-state index contributed by atoms with van der Waals surface area (Å²) in [5, 5.41) is 3.03. The number of aromatic nitrogens is 1. The minimum atomic E-state index is 0.157. The first-order valence-electron chi connectivity index (χ1n) is 6.06. The van der Waals surface area contributed by atoms with E-state index < -0.39 is 0 Å². The molecule has 0 saturated carbocycles. The highest BCUT2D eigenvalue weighted by atomic mass is 16.2. The molecule has 0 spiro atoms. The summed E-state index contributed by atoms with van der Waals surface area (Å²) in [6.07, 6.45) is 2.12. The van der Waals surface area contributed by atoms with Crippen LogP contribution in [0.2, 0.25) is 0 Å². The molecular formula is C13H19N3O. The zero-order valence-corrected chi connectivity index (χ0v) is 10.7. The van der Waals surface area contributed by atoms with Crippen LogP contribution in [0.15, 0.2) is 12.1 Å². The van der Waals surface area contributed by atoms with Crippen LogP contribution in [0.5, 0.6) is 0 Å². The predicted octanol–water partition coefficient (Wildman–Crippen LogP) is 2.12. The molecule has 4 nitrogen and oxygen atoms in total. The first-order chi connectivity index (χ1) is 8.13. The zero-order chi connectivity index (χ0) is 12.4. The van der Waals surface area contributed by atoms with Crippen molar-refractivity contribution in [3.8, 4) is 0 Å². The summed E-state index contributed by atoms with van der Waals surface area (Å²) < 4.78 is 0. The second-order valence-electron chi connectivity index (χ2n) is 4.49. The van der Waals surface area contributed by atoms with Crippen molar-refractivity contribution in [1.82, 2.24) is 9.88 Å². The molecule has 1 aromatic rings. The van der Waals surface area contributed by atoms with Gasteiger partial charge < -0.3 is 10.2 Å². The number of hydrogen-bond donors (Lipinski definition) is 1. The molecule has 1 saturated heterocycles. The number of carbonyl (C=O) groups is 1. The van der Waals surface area contributed by atoms with E-state index in [9.17, 15) is 4.79 Å². The molecule has 0 unspecified atom stereocenters. The molecule has 0 bridgehead atoms. The number of aryl methyl sites for hydroxylation is 1. The van der Waals surface area contributed by atoms with Gasteiger partial charge in [-0.3, -0.25) is 4.79 Å². The molecule has 2 rings (SSSR count). The maximum atomic E-state index is 11.6. The van der Waals surface area contributed by atoms with Gasteiger partial charge in [-0.2, -0.15) is 0 Å². The van der Waals surface area contributed by atoms with Gasteiger partial charge >= 0.3 is 0 Å². The standard InChI is InChI=1S/C13H19N3O/c1-9-11(6-7-13(14-3)15-9)12-5-4-8-16(12)10(2)17/h6-7,12H,4-5,8H2,1-3H3,(H,14,15)/t12-/m1/s1. The Morgan fingerprint density at radius 1 is 1.53 bits per heavy atom. The van der Waals surface area contributed by atoms with E-state index in [4.69, 9.17) is 0 Å². The Hall–Kier alpha value is -1.58. The van der Waals surface area contributed by atoms with Crippen molar-refractivity contribution in [2.45, 2.75) is 32.7 Å². The molecule has 1 amide bonds. The third-order valence-electron chi connectivity index (χ3n) is 3.40. The fraction of sp³-hybridized carbons (Fsp3) is 0.538. The highest BCUT2D eigenvalue weighted by Gasteiger charge is 2.29. The summed E-state index contributed by atoms with van der Waals surface area (Å²) in [4.78, 5) is 18.0. The maximum absolute atomic E-state index is 11.6. The Kier molecular flexibility index (Phi) is 3.31. The Balaban J connectivity index is 2.30. The molecule has 0 aromatic carbocycles. The lowest BCUT2D eigenvalue weighted by Gasteiger charge is -2.24. The molecule has 1 aliphatic rings. The topological polar surface area (TPSA) is 45.2 Å². The van der Waals surface area contributed by atoms with Crippen LogP contribution in [0, 0.1) is 6.92 Å². The van der Waals surface area contributed by atoms with E-state index in [1.54, 1.807) is 6.92 Å². The second-order valence-corrected chi connectivity index (χ2v) is 4.49. The number of rotatable bonds is 2. The maximum Gasteiger partial charge on any atom is 0.219 e. The van der Waals surface area contributed by atoms with Crippen molar-refractivity contribution < 1.29 is 4.79 Å². The van der Waals surface area contributed by atoms with Gasteiger partial charge in [-0.1, -0.05) is 6.07 Å². The smallest absolute Gasteiger partial charge is 0.219 e. The molecule has 1 fully saturated rings. The number of anilines is 1. The quantitative estimate of drug-likeness (QED) is 0.851. The average Bonchev–Trinajstić information content (AvgIpc) is 2.77. The van der Waals surface area contributed by atoms with Crippen molar-refractivity contribution in [3.63, 3.8) is 0 Å². The molecule has 0 aliphatic carbocycles. The molecule has 92 valence electrons. The van der Waals surface area contributed by atoms with Crippen molar-refractivity contribution in [1.29, 1.82) is 0 Å². The molecule has 1 aliphatic heterocycles. The lowest BCUT2D eigenvalue weighted by molar-refractivity contribution is -0.129. The van der Waals surface area contributed by atoms with Crippen LogP contribution in [0.25, 0.3) is 0 Å². The van der Waals surface area contributed by atoms with E-state index in [1.165, 1.54) is 5.56 Å². The van der Waals surface area contributed by atoms with Crippen LogP contribution < -0.4 is 5.32 Å². The van der Waals surface area contributed by atoms with Crippen molar-refractivity contribution in [3.05, 3.63) is 23.4 Å². The van der Waals surface area contributed by atoms with Crippen LogP contribution in [-0.4, -0.2) is 29.4 Å². The van der Waals surface area contributed by atoms with Gasteiger partial charge in [0.05, 0.1) is 6.04 Å². The van der Waals surface area contributed by atoms with E-state index in [-0.39, 0.29) is 11.9 Å². The fourth-order valence-corrected chi connectivity index (χ4v) is 2.53. The van der Waals surface area contributed by atoms with E-state index in [1.807, 2.05) is 24.9 Å². The van der Waals surface area contributed by atoms with Gasteiger partial charge in [-0.15, -0.1) is 0 Å². The Morgan fingerprint density at radius 2 is 2.29 bits per heavy atom. The van der Waals surface area contributed by atoms with Gasteiger partial charge in [-0.05, 0) is 31.4 Å². The van der Waals surface area contributed by atoms with Crippen LogP contribution in [0.1, 0.15) is 37.1 Å². The Labute approximate surface area is 102 Å². The number of nitrogens with zero attached hydrogens (tertiary/aromatic N) is 2. The lowest BCUT2D eigenvalue weighted by Crippen LogP contribution is -2.28. The van der Waals surface area contributed by atoms with E-state index in [2.05, 4.69) is 16.4 Å². The molecule has 2 heterocycles. The summed E-state index contributed by atoms with van der Waals surface area (Å²) in [5.41, 5.74) is 2.19. The molecule has 4 heteroatoms. The number of carbonyl (C=O) groups excluding carboxylic acids is 1. The van der Waals surface area contributed by atoms with Gasteiger partial charge in [-0.25, -0.2) is 4.98 Å². The minimum Gasteiger partial charge on any atom is -0.373 e. The number of amides is 1. The number of likely N-dealkylation sites (tertiary alicyclic amines) is 1. The first-order valence-corrected chi connectivity index (χ1v) is 6.06. The van der Waals surface area contributed by atoms with Gasteiger partial charge in [0, 0.05) is 26.2 Å². The second kappa shape index (κ2) is 4.73. The van der Waals surface area contributed by atoms with Gasteiger partial charge in [0.15, 0.2) is 0 Å². The third-order valence-corrected chi connectivity index (χ3v) is 3.40. The highest BCUT2D eigenvalue weighted by molar-refractivity contribution is 5.74. The van der Waals surface area contributed by atoms with Gasteiger partial charge in [0.25, 0.3) is 0 Å². The summed E-state index contributed by atoms with van der Waals surface area (Å²) in [6, 6.07) is 4.27. The highest BCUT2D eigenvalue weighted by Crippen LogP contribution is 2.33. The van der Waals surface area contributed by atoms with Crippen LogP contribution >= 0.6 is 0 Å². The van der Waals surface area contributed by atoms with Gasteiger partial charge in [0.2, 0.25) is 5.91 Å². The largest absolute Gasteiger partial charge is 0.373 e. The average molecular weight is 233 g/mol. The van der Waals surface area contributed by atoms with E-state index >= 15 is 0 Å². The summed E-state index contributed by atoms with van der Waals surface area (Å²) in [5.74, 6) is 1.03. The van der Waals surface area contributed by atoms with Crippen LogP contribution in [0.4, 0.5) is 5.82 Å². The number of pyridine rings is 1. The SMILES string of the molecule is CNc1ccc([C@H]2CCCN2C(C)=O)c(C)n1. The Bertz CT molecular complexity index is 431. The monoisotopic (exact) mass is 233 g/mol. The molecule has 1 aromatic heterocycles. The predicted molar refractivity (Wildman–Crippen MR) is 67.9 cm³/mol. The molecule has 1 atom stereocenters. The van der Waals surface area contributed by atoms with E-state index in [0.29, 0.717) is 0 Å². The van der Waals surface area contributed by atoms with Crippen LogP contribution in [0.3, 0.4) is 0 Å². The normalized spacial score (nSPS) is 19.5. The Morgan fingerprint density at radius 3 is 2.88 bits per heavy atom. The summed E-state index contributed by atoms with van der Waals surface area (Å²) in [7, 11) is 1.86. The zero-order valence-electron chi connectivity index (χ0n) is 10.7. The fourth-order valence-electron chi connectivity index (χ4n) is 2.53. The molecule has 17 heavy (non-hydrogen) atoms. The molecular weight excluding hydrogens is 214 g/mol. The van der Waals surface area contributed by atoms with Gasteiger partial charge in [0.1, 0.15) is 5.82 Å². The minimum absolute atomic E-state index is 0.157. The van der Waals surface area contributed by atoms with Crippen molar-refractivity contribution in [2.75, 3.05) is 18.9 Å². The third kappa shape index (κ3) is 2.25. The summed E-state index contributed by atoms with van der Waals surface area (Å²) in [6.45, 7) is 4.52. The number of nitrogens with one attached hydrogen (secondary N) is 1. The lowest BCUT2D eigenvalue weighted by atomic mass is 10.0.